The van der Waals surface area contributed by atoms with Crippen LogP contribution in [0.1, 0.15) is 50.3 Å². The number of fused-ring (bicyclic) bond motifs is 1. The molecule has 1 aromatic carbocycles. The minimum Gasteiger partial charge on any atom is -0.325 e. The Bertz CT molecular complexity index is 394. The van der Waals surface area contributed by atoms with Gasteiger partial charge in [0.25, 0.3) is 0 Å². The molecule has 0 atom stereocenters. The fourth-order valence-electron chi connectivity index (χ4n) is 2.03. The van der Waals surface area contributed by atoms with Gasteiger partial charge >= 0.3 is 0 Å². The number of carbonyl (C=O) groups is 1. The Hall–Kier alpha value is -1.31. The SMILES string of the molecule is CC.Cc1ccc(C(C)C)c2c1NC(=O)C2. The van der Waals surface area contributed by atoms with Crippen LogP contribution >= 0.6 is 0 Å². The largest absolute Gasteiger partial charge is 0.325 e. The first-order valence-corrected chi connectivity index (χ1v) is 6.02. The molecule has 0 saturated heterocycles. The Morgan fingerprint density at radius 3 is 2.44 bits per heavy atom. The number of rotatable bonds is 1. The highest BCUT2D eigenvalue weighted by Crippen LogP contribution is 2.33. The molecule has 0 spiro atoms. The maximum absolute atomic E-state index is 11.3. The highest BCUT2D eigenvalue weighted by molar-refractivity contribution is 6.00. The van der Waals surface area contributed by atoms with E-state index < -0.39 is 0 Å². The van der Waals surface area contributed by atoms with E-state index in [9.17, 15) is 4.79 Å². The molecule has 0 aromatic heterocycles. The van der Waals surface area contributed by atoms with Gasteiger partial charge in [0.05, 0.1) is 6.42 Å². The zero-order valence-corrected chi connectivity index (χ0v) is 10.8. The molecule has 1 aliphatic heterocycles. The van der Waals surface area contributed by atoms with Gasteiger partial charge in [-0.15, -0.1) is 0 Å². The minimum absolute atomic E-state index is 0.121. The van der Waals surface area contributed by atoms with Gasteiger partial charge in [-0.05, 0) is 29.5 Å². The van der Waals surface area contributed by atoms with Gasteiger partial charge in [0, 0.05) is 5.69 Å². The zero-order chi connectivity index (χ0) is 12.3. The van der Waals surface area contributed by atoms with Gasteiger partial charge in [0.15, 0.2) is 0 Å². The number of hydrogen-bond acceptors (Lipinski definition) is 1. The van der Waals surface area contributed by atoms with Crippen LogP contribution in [-0.2, 0) is 11.2 Å². The van der Waals surface area contributed by atoms with E-state index in [0.717, 1.165) is 11.3 Å². The summed E-state index contributed by atoms with van der Waals surface area (Å²) < 4.78 is 0. The van der Waals surface area contributed by atoms with Crippen molar-refractivity contribution in [2.24, 2.45) is 0 Å². The average molecular weight is 219 g/mol. The first-order valence-electron chi connectivity index (χ1n) is 6.02. The summed E-state index contributed by atoms with van der Waals surface area (Å²) in [5.41, 5.74) is 4.70. The standard InChI is InChI=1S/C12H15NO.C2H6/c1-7(2)9-5-4-8(3)12-10(9)6-11(14)13-12;1-2/h4-5,7H,6H2,1-3H3,(H,13,14);1-2H3. The summed E-state index contributed by atoms with van der Waals surface area (Å²) >= 11 is 0. The molecule has 2 nitrogen and oxygen atoms in total. The topological polar surface area (TPSA) is 29.1 Å². The molecular weight excluding hydrogens is 198 g/mol. The number of benzene rings is 1. The third-order valence-electron chi connectivity index (χ3n) is 2.78. The molecule has 2 heteroatoms. The van der Waals surface area contributed by atoms with Crippen LogP contribution < -0.4 is 5.32 Å². The molecule has 0 fully saturated rings. The number of amides is 1. The molecule has 88 valence electrons. The Morgan fingerprint density at radius 1 is 1.25 bits per heavy atom. The number of aryl methyl sites for hydroxylation is 1. The summed E-state index contributed by atoms with van der Waals surface area (Å²) in [6, 6.07) is 4.22. The second kappa shape index (κ2) is 5.15. The van der Waals surface area contributed by atoms with Crippen molar-refractivity contribution in [3.63, 3.8) is 0 Å². The summed E-state index contributed by atoms with van der Waals surface area (Å²) in [4.78, 5) is 11.3. The van der Waals surface area contributed by atoms with Crippen molar-refractivity contribution in [2.45, 2.75) is 47.0 Å². The molecule has 0 unspecified atom stereocenters. The summed E-state index contributed by atoms with van der Waals surface area (Å²) in [6.45, 7) is 10.4. The van der Waals surface area contributed by atoms with Crippen molar-refractivity contribution in [1.29, 1.82) is 0 Å². The van der Waals surface area contributed by atoms with Crippen LogP contribution in [-0.4, -0.2) is 5.91 Å². The predicted octanol–water partition coefficient (Wildman–Crippen LogP) is 3.64. The lowest BCUT2D eigenvalue weighted by molar-refractivity contribution is -0.115. The third-order valence-corrected chi connectivity index (χ3v) is 2.78. The van der Waals surface area contributed by atoms with Crippen molar-refractivity contribution in [1.82, 2.24) is 0 Å². The fraction of sp³-hybridized carbons (Fsp3) is 0.500. The van der Waals surface area contributed by atoms with Gasteiger partial charge < -0.3 is 5.32 Å². The number of nitrogens with one attached hydrogen (secondary N) is 1. The molecule has 1 amide bonds. The molecule has 1 heterocycles. The Balaban J connectivity index is 0.000000606. The Kier molecular flexibility index (Phi) is 4.11. The quantitative estimate of drug-likeness (QED) is 0.767. The van der Waals surface area contributed by atoms with E-state index in [2.05, 4.69) is 31.3 Å². The van der Waals surface area contributed by atoms with Crippen molar-refractivity contribution >= 4 is 11.6 Å². The van der Waals surface area contributed by atoms with Crippen LogP contribution in [0.3, 0.4) is 0 Å². The minimum atomic E-state index is 0.121. The lowest BCUT2D eigenvalue weighted by Gasteiger charge is -2.12. The molecule has 16 heavy (non-hydrogen) atoms. The number of hydrogen-bond donors (Lipinski definition) is 1. The van der Waals surface area contributed by atoms with E-state index in [-0.39, 0.29) is 5.91 Å². The highest BCUT2D eigenvalue weighted by Gasteiger charge is 2.23. The first-order chi connectivity index (χ1) is 7.59. The summed E-state index contributed by atoms with van der Waals surface area (Å²) in [5, 5.41) is 2.92. The fourth-order valence-corrected chi connectivity index (χ4v) is 2.03. The molecule has 0 radical (unpaired) electrons. The maximum atomic E-state index is 11.3. The zero-order valence-electron chi connectivity index (χ0n) is 10.8. The monoisotopic (exact) mass is 219 g/mol. The van der Waals surface area contributed by atoms with Crippen LogP contribution in [0.2, 0.25) is 0 Å². The highest BCUT2D eigenvalue weighted by atomic mass is 16.1. The van der Waals surface area contributed by atoms with Crippen LogP contribution in [0.15, 0.2) is 12.1 Å². The van der Waals surface area contributed by atoms with Gasteiger partial charge in [-0.2, -0.15) is 0 Å². The Labute approximate surface area is 98.1 Å². The van der Waals surface area contributed by atoms with Crippen LogP contribution in [0.25, 0.3) is 0 Å². The normalized spacial score (nSPS) is 13.0. The predicted molar refractivity (Wildman–Crippen MR) is 68.9 cm³/mol. The van der Waals surface area contributed by atoms with E-state index in [1.165, 1.54) is 11.1 Å². The van der Waals surface area contributed by atoms with Crippen LogP contribution in [0.4, 0.5) is 5.69 Å². The second-order valence-electron chi connectivity index (χ2n) is 4.20. The van der Waals surface area contributed by atoms with Crippen molar-refractivity contribution in [3.05, 3.63) is 28.8 Å². The van der Waals surface area contributed by atoms with Crippen LogP contribution in [0, 0.1) is 6.92 Å². The molecule has 1 aliphatic rings. The summed E-state index contributed by atoms with van der Waals surface area (Å²) in [6.07, 6.45) is 0.546. The lowest BCUT2D eigenvalue weighted by Crippen LogP contribution is -2.04. The molecule has 1 aromatic rings. The third kappa shape index (κ3) is 2.26. The molecule has 0 bridgehead atoms. The van der Waals surface area contributed by atoms with E-state index in [1.54, 1.807) is 0 Å². The van der Waals surface area contributed by atoms with E-state index in [4.69, 9.17) is 0 Å². The van der Waals surface area contributed by atoms with Crippen molar-refractivity contribution in [2.75, 3.05) is 5.32 Å². The molecule has 2 rings (SSSR count). The molecule has 0 aliphatic carbocycles. The van der Waals surface area contributed by atoms with E-state index in [0.29, 0.717) is 12.3 Å². The number of anilines is 1. The lowest BCUT2D eigenvalue weighted by atomic mass is 9.94. The molecule has 0 saturated carbocycles. The van der Waals surface area contributed by atoms with Crippen LogP contribution in [0.5, 0.6) is 0 Å². The van der Waals surface area contributed by atoms with Gasteiger partial charge in [-0.1, -0.05) is 39.8 Å². The summed E-state index contributed by atoms with van der Waals surface area (Å²) in [5.74, 6) is 0.605. The smallest absolute Gasteiger partial charge is 0.228 e. The van der Waals surface area contributed by atoms with E-state index >= 15 is 0 Å². The molecular formula is C14H21NO. The van der Waals surface area contributed by atoms with Crippen molar-refractivity contribution in [3.8, 4) is 0 Å². The van der Waals surface area contributed by atoms with E-state index in [1.807, 2.05) is 20.8 Å². The van der Waals surface area contributed by atoms with Gasteiger partial charge in [-0.25, -0.2) is 0 Å². The second-order valence-corrected chi connectivity index (χ2v) is 4.20. The summed E-state index contributed by atoms with van der Waals surface area (Å²) in [7, 11) is 0. The van der Waals surface area contributed by atoms with Gasteiger partial charge in [0.1, 0.15) is 0 Å². The number of carbonyl (C=O) groups excluding carboxylic acids is 1. The Morgan fingerprint density at radius 2 is 1.88 bits per heavy atom. The van der Waals surface area contributed by atoms with Gasteiger partial charge in [0.2, 0.25) is 5.91 Å². The van der Waals surface area contributed by atoms with Gasteiger partial charge in [-0.3, -0.25) is 4.79 Å². The molecule has 1 N–H and O–H groups in total. The average Bonchev–Trinajstić information content (AvgIpc) is 2.63. The first kappa shape index (κ1) is 12.8. The maximum Gasteiger partial charge on any atom is 0.228 e. The van der Waals surface area contributed by atoms with Crippen molar-refractivity contribution < 1.29 is 4.79 Å².